The number of rotatable bonds is 12. The number of carbonyl (C=O) groups is 4. The van der Waals surface area contributed by atoms with Crippen molar-refractivity contribution >= 4 is 48.1 Å². The van der Waals surface area contributed by atoms with E-state index in [-0.39, 0.29) is 11.7 Å². The van der Waals surface area contributed by atoms with Crippen molar-refractivity contribution in [3.63, 3.8) is 0 Å². The number of nitrogens with two attached hydrogens (primary N) is 1. The van der Waals surface area contributed by atoms with Gasteiger partial charge in [0.05, 0.1) is 12.6 Å². The van der Waals surface area contributed by atoms with E-state index in [0.29, 0.717) is 6.42 Å². The summed E-state index contributed by atoms with van der Waals surface area (Å²) in [5.41, 5.74) is 5.79. The highest BCUT2D eigenvalue weighted by Gasteiger charge is 2.27. The molecule has 0 aromatic carbocycles. The molecule has 0 spiro atoms. The van der Waals surface area contributed by atoms with Crippen LogP contribution in [0.3, 0.4) is 0 Å². The fourth-order valence-corrected chi connectivity index (χ4v) is 2.62. The number of thioether (sulfide) groups is 1. The molecular weight excluding hydrogens is 380 g/mol. The minimum absolute atomic E-state index is 0.0758. The quantitative estimate of drug-likeness (QED) is 0.223. The van der Waals surface area contributed by atoms with Gasteiger partial charge in [-0.3, -0.25) is 14.4 Å². The third-order valence-corrected chi connectivity index (χ3v) is 4.46. The molecule has 150 valence electrons. The largest absolute Gasteiger partial charge is 0.480 e. The summed E-state index contributed by atoms with van der Waals surface area (Å²) >= 11 is 5.40. The molecule has 26 heavy (non-hydrogen) atoms. The minimum Gasteiger partial charge on any atom is -0.480 e. The van der Waals surface area contributed by atoms with Crippen molar-refractivity contribution in [1.82, 2.24) is 16.0 Å². The van der Waals surface area contributed by atoms with Crippen LogP contribution in [-0.4, -0.2) is 71.2 Å². The van der Waals surface area contributed by atoms with E-state index >= 15 is 0 Å². The molecule has 0 aromatic heterocycles. The van der Waals surface area contributed by atoms with E-state index in [1.165, 1.54) is 0 Å². The molecule has 0 bridgehead atoms. The Bertz CT molecular complexity index is 504. The van der Waals surface area contributed by atoms with E-state index in [1.807, 2.05) is 6.26 Å². The molecule has 0 fully saturated rings. The molecule has 0 radical (unpaired) electrons. The van der Waals surface area contributed by atoms with Crippen LogP contribution in [0.25, 0.3) is 0 Å². The van der Waals surface area contributed by atoms with Crippen molar-refractivity contribution in [3.8, 4) is 0 Å². The van der Waals surface area contributed by atoms with E-state index in [9.17, 15) is 19.2 Å². The first-order chi connectivity index (χ1) is 12.1. The number of hydrogen-bond donors (Lipinski definition) is 6. The third-order valence-electron chi connectivity index (χ3n) is 3.46. The lowest BCUT2D eigenvalue weighted by Gasteiger charge is -2.23. The van der Waals surface area contributed by atoms with Gasteiger partial charge >= 0.3 is 5.97 Å². The second kappa shape index (κ2) is 12.8. The summed E-state index contributed by atoms with van der Waals surface area (Å²) < 4.78 is 0. The second-order valence-electron chi connectivity index (χ2n) is 5.98. The molecule has 0 aliphatic carbocycles. The molecule has 6 N–H and O–H groups in total. The molecule has 3 unspecified atom stereocenters. The van der Waals surface area contributed by atoms with E-state index in [4.69, 9.17) is 10.8 Å². The van der Waals surface area contributed by atoms with E-state index in [2.05, 4.69) is 28.6 Å². The molecule has 0 rings (SSSR count). The first kappa shape index (κ1) is 24.5. The number of carboxylic acid groups (broad SMARTS) is 1. The Hall–Kier alpha value is -1.46. The van der Waals surface area contributed by atoms with Gasteiger partial charge in [0, 0.05) is 5.75 Å². The Balaban J connectivity index is 4.62. The number of thiol groups is 1. The summed E-state index contributed by atoms with van der Waals surface area (Å²) in [4.78, 5) is 46.9. The Morgan fingerprint density at radius 3 is 2.23 bits per heavy atom. The van der Waals surface area contributed by atoms with Crippen molar-refractivity contribution in [3.05, 3.63) is 0 Å². The zero-order valence-corrected chi connectivity index (χ0v) is 16.9. The van der Waals surface area contributed by atoms with Crippen LogP contribution in [0.5, 0.6) is 0 Å². The fraction of sp³-hybridized carbons (Fsp3) is 0.733. The number of carboxylic acids is 1. The van der Waals surface area contributed by atoms with Gasteiger partial charge in [-0.05, 0) is 24.3 Å². The third kappa shape index (κ3) is 9.30. The molecule has 11 heteroatoms. The van der Waals surface area contributed by atoms with Crippen LogP contribution in [0.4, 0.5) is 0 Å². The van der Waals surface area contributed by atoms with Crippen LogP contribution >= 0.6 is 24.4 Å². The van der Waals surface area contributed by atoms with Crippen molar-refractivity contribution in [2.24, 2.45) is 11.7 Å². The Morgan fingerprint density at radius 2 is 1.77 bits per heavy atom. The van der Waals surface area contributed by atoms with Gasteiger partial charge in [0.1, 0.15) is 12.1 Å². The monoisotopic (exact) mass is 408 g/mol. The zero-order valence-electron chi connectivity index (χ0n) is 15.2. The Kier molecular flexibility index (Phi) is 12.1. The van der Waals surface area contributed by atoms with Gasteiger partial charge in [-0.1, -0.05) is 13.8 Å². The number of hydrogen-bond acceptors (Lipinski definition) is 7. The van der Waals surface area contributed by atoms with Gasteiger partial charge in [0.15, 0.2) is 0 Å². The standard InChI is InChI=1S/C15H28N4O5S2/c1-8(2)12(19-13(21)9(16)4-5-26-3)14(22)17-6-11(20)18-10(7-25)15(23)24/h8-10,12,25H,4-7,16H2,1-3H3,(H,17,22)(H,18,20)(H,19,21)(H,23,24). The molecular formula is C15H28N4O5S2. The lowest BCUT2D eigenvalue weighted by molar-refractivity contribution is -0.141. The molecule has 3 amide bonds. The van der Waals surface area contributed by atoms with E-state index in [1.54, 1.807) is 25.6 Å². The zero-order chi connectivity index (χ0) is 20.3. The van der Waals surface area contributed by atoms with Gasteiger partial charge in [-0.25, -0.2) is 4.79 Å². The minimum atomic E-state index is -1.22. The summed E-state index contributed by atoms with van der Waals surface area (Å²) in [5.74, 6) is -2.43. The summed E-state index contributed by atoms with van der Waals surface area (Å²) in [6.45, 7) is 3.09. The maximum Gasteiger partial charge on any atom is 0.327 e. The first-order valence-corrected chi connectivity index (χ1v) is 10.1. The second-order valence-corrected chi connectivity index (χ2v) is 7.33. The molecule has 0 aliphatic rings. The highest BCUT2D eigenvalue weighted by atomic mass is 32.2. The topological polar surface area (TPSA) is 151 Å². The molecule has 0 heterocycles. The Labute approximate surface area is 163 Å². The first-order valence-electron chi connectivity index (χ1n) is 8.09. The molecule has 3 atom stereocenters. The van der Waals surface area contributed by atoms with Gasteiger partial charge in [-0.2, -0.15) is 24.4 Å². The van der Waals surface area contributed by atoms with Crippen LogP contribution < -0.4 is 21.7 Å². The van der Waals surface area contributed by atoms with Gasteiger partial charge < -0.3 is 26.8 Å². The van der Waals surface area contributed by atoms with E-state index < -0.39 is 48.4 Å². The molecule has 0 aliphatic heterocycles. The fourth-order valence-electron chi connectivity index (χ4n) is 1.88. The number of nitrogens with one attached hydrogen (secondary N) is 3. The van der Waals surface area contributed by atoms with Crippen LogP contribution in [0.2, 0.25) is 0 Å². The SMILES string of the molecule is CSCCC(N)C(=O)NC(C(=O)NCC(=O)NC(CS)C(=O)O)C(C)C. The van der Waals surface area contributed by atoms with Gasteiger partial charge in [0.2, 0.25) is 17.7 Å². The number of carbonyl (C=O) groups excluding carboxylic acids is 3. The van der Waals surface area contributed by atoms with Crippen molar-refractivity contribution in [1.29, 1.82) is 0 Å². The lowest BCUT2D eigenvalue weighted by Crippen LogP contribution is -2.55. The van der Waals surface area contributed by atoms with Crippen LogP contribution in [0, 0.1) is 5.92 Å². The molecule has 9 nitrogen and oxygen atoms in total. The molecule has 0 saturated carbocycles. The van der Waals surface area contributed by atoms with Crippen molar-refractivity contribution < 1.29 is 24.3 Å². The van der Waals surface area contributed by atoms with Crippen LogP contribution in [0.1, 0.15) is 20.3 Å². The maximum absolute atomic E-state index is 12.3. The predicted octanol–water partition coefficient (Wildman–Crippen LogP) is -1.18. The summed E-state index contributed by atoms with van der Waals surface area (Å²) in [6.07, 6.45) is 2.39. The van der Waals surface area contributed by atoms with Gasteiger partial charge in [-0.15, -0.1) is 0 Å². The normalized spacial score (nSPS) is 14.2. The number of aliphatic carboxylic acids is 1. The average molecular weight is 409 g/mol. The van der Waals surface area contributed by atoms with Gasteiger partial charge in [0.25, 0.3) is 0 Å². The predicted molar refractivity (Wildman–Crippen MR) is 104 cm³/mol. The Morgan fingerprint density at radius 1 is 1.15 bits per heavy atom. The highest BCUT2D eigenvalue weighted by molar-refractivity contribution is 7.98. The lowest BCUT2D eigenvalue weighted by atomic mass is 10.0. The molecule has 0 aromatic rings. The van der Waals surface area contributed by atoms with Crippen molar-refractivity contribution in [2.75, 3.05) is 24.3 Å². The summed E-state index contributed by atoms with van der Waals surface area (Å²) in [6, 6.07) is -2.71. The van der Waals surface area contributed by atoms with Crippen LogP contribution in [0.15, 0.2) is 0 Å². The van der Waals surface area contributed by atoms with Crippen LogP contribution in [-0.2, 0) is 19.2 Å². The smallest absolute Gasteiger partial charge is 0.327 e. The van der Waals surface area contributed by atoms with E-state index in [0.717, 1.165) is 5.75 Å². The number of amides is 3. The average Bonchev–Trinajstić information content (AvgIpc) is 2.58. The summed E-state index contributed by atoms with van der Waals surface area (Å²) in [7, 11) is 0. The highest BCUT2D eigenvalue weighted by Crippen LogP contribution is 2.04. The maximum atomic E-state index is 12.3. The molecule has 0 saturated heterocycles. The van der Waals surface area contributed by atoms with Crippen molar-refractivity contribution in [2.45, 2.75) is 38.4 Å². The summed E-state index contributed by atoms with van der Waals surface area (Å²) in [5, 5.41) is 16.1.